The highest BCUT2D eigenvalue weighted by Gasteiger charge is 2.14. The summed E-state index contributed by atoms with van der Waals surface area (Å²) in [6.45, 7) is 0. The van der Waals surface area contributed by atoms with Gasteiger partial charge in [0.05, 0.1) is 12.7 Å². The van der Waals surface area contributed by atoms with Gasteiger partial charge in [-0.3, -0.25) is 9.59 Å². The van der Waals surface area contributed by atoms with Gasteiger partial charge in [0.1, 0.15) is 5.75 Å². The van der Waals surface area contributed by atoms with Crippen molar-refractivity contribution in [1.82, 2.24) is 0 Å². The lowest BCUT2D eigenvalue weighted by atomic mass is 10.0. The van der Waals surface area contributed by atoms with Crippen LogP contribution < -0.4 is 10.5 Å². The number of ether oxygens (including phenoxy) is 1. The number of amides is 1. The zero-order chi connectivity index (χ0) is 13.8. The lowest BCUT2D eigenvalue weighted by Gasteiger charge is -2.08. The zero-order valence-corrected chi connectivity index (χ0v) is 10.4. The van der Waals surface area contributed by atoms with Crippen LogP contribution >= 0.6 is 0 Å². The van der Waals surface area contributed by atoms with Crippen molar-refractivity contribution in [2.24, 2.45) is 5.73 Å². The van der Waals surface area contributed by atoms with Crippen molar-refractivity contribution >= 4 is 11.7 Å². The van der Waals surface area contributed by atoms with Gasteiger partial charge < -0.3 is 10.5 Å². The third kappa shape index (κ3) is 2.63. The molecule has 0 aromatic heterocycles. The van der Waals surface area contributed by atoms with Gasteiger partial charge in [-0.15, -0.1) is 0 Å². The highest BCUT2D eigenvalue weighted by molar-refractivity contribution is 6.10. The Kier molecular flexibility index (Phi) is 3.61. The van der Waals surface area contributed by atoms with Gasteiger partial charge in [-0.2, -0.15) is 0 Å². The molecule has 0 spiro atoms. The van der Waals surface area contributed by atoms with Crippen molar-refractivity contribution in [3.63, 3.8) is 0 Å². The molecule has 96 valence electrons. The second kappa shape index (κ2) is 5.35. The van der Waals surface area contributed by atoms with Crippen molar-refractivity contribution in [2.45, 2.75) is 0 Å². The molecule has 4 heteroatoms. The number of rotatable bonds is 4. The van der Waals surface area contributed by atoms with Gasteiger partial charge in [0.25, 0.3) is 5.91 Å². The molecule has 2 aromatic rings. The van der Waals surface area contributed by atoms with Crippen molar-refractivity contribution < 1.29 is 14.3 Å². The SMILES string of the molecule is COc1cc(C(=O)c2ccccc2)ccc1C(N)=O. The molecule has 2 N–H and O–H groups in total. The normalized spacial score (nSPS) is 9.95. The minimum atomic E-state index is -0.587. The maximum Gasteiger partial charge on any atom is 0.252 e. The van der Waals surface area contributed by atoms with Crippen LogP contribution in [0.3, 0.4) is 0 Å². The summed E-state index contributed by atoms with van der Waals surface area (Å²) in [6, 6.07) is 13.5. The van der Waals surface area contributed by atoms with E-state index in [0.717, 1.165) is 0 Å². The van der Waals surface area contributed by atoms with E-state index >= 15 is 0 Å². The number of nitrogens with two attached hydrogens (primary N) is 1. The van der Waals surface area contributed by atoms with Gasteiger partial charge in [0, 0.05) is 11.1 Å². The van der Waals surface area contributed by atoms with Gasteiger partial charge in [-0.25, -0.2) is 0 Å². The maximum atomic E-state index is 12.2. The van der Waals surface area contributed by atoms with Crippen molar-refractivity contribution in [2.75, 3.05) is 7.11 Å². The van der Waals surface area contributed by atoms with Crippen molar-refractivity contribution in [1.29, 1.82) is 0 Å². The van der Waals surface area contributed by atoms with E-state index in [-0.39, 0.29) is 11.3 Å². The highest BCUT2D eigenvalue weighted by atomic mass is 16.5. The third-order valence-electron chi connectivity index (χ3n) is 2.77. The molecule has 19 heavy (non-hydrogen) atoms. The second-order valence-electron chi connectivity index (χ2n) is 3.97. The maximum absolute atomic E-state index is 12.2. The van der Waals surface area contributed by atoms with Gasteiger partial charge in [-0.1, -0.05) is 30.3 Å². The van der Waals surface area contributed by atoms with Gasteiger partial charge in [0.15, 0.2) is 5.78 Å². The molecule has 0 heterocycles. The first-order chi connectivity index (χ1) is 9.13. The Labute approximate surface area is 110 Å². The Morgan fingerprint density at radius 1 is 1.00 bits per heavy atom. The summed E-state index contributed by atoms with van der Waals surface area (Å²) in [7, 11) is 1.43. The molecular weight excluding hydrogens is 242 g/mol. The van der Waals surface area contributed by atoms with E-state index in [4.69, 9.17) is 10.5 Å². The number of carbonyl (C=O) groups is 2. The Hall–Kier alpha value is -2.62. The molecule has 2 rings (SSSR count). The fourth-order valence-electron chi connectivity index (χ4n) is 1.79. The molecule has 0 aliphatic rings. The van der Waals surface area contributed by atoms with Gasteiger partial charge in [0.2, 0.25) is 0 Å². The molecule has 2 aromatic carbocycles. The average molecular weight is 255 g/mol. The molecule has 0 saturated heterocycles. The summed E-state index contributed by atoms with van der Waals surface area (Å²) >= 11 is 0. The minimum Gasteiger partial charge on any atom is -0.496 e. The monoisotopic (exact) mass is 255 g/mol. The molecule has 0 unspecified atom stereocenters. The Morgan fingerprint density at radius 2 is 1.68 bits per heavy atom. The van der Waals surface area contributed by atoms with Crippen LogP contribution in [0, 0.1) is 0 Å². The predicted molar refractivity (Wildman–Crippen MR) is 71.4 cm³/mol. The van der Waals surface area contributed by atoms with E-state index in [1.165, 1.54) is 19.2 Å². The highest BCUT2D eigenvalue weighted by Crippen LogP contribution is 2.21. The summed E-state index contributed by atoms with van der Waals surface area (Å²) < 4.78 is 5.08. The van der Waals surface area contributed by atoms with Gasteiger partial charge in [-0.05, 0) is 18.2 Å². The molecule has 0 fully saturated rings. The van der Waals surface area contributed by atoms with Crippen LogP contribution in [0.15, 0.2) is 48.5 Å². The smallest absolute Gasteiger partial charge is 0.252 e. The molecule has 0 aliphatic carbocycles. The standard InChI is InChI=1S/C15H13NO3/c1-19-13-9-11(7-8-12(13)15(16)18)14(17)10-5-3-2-4-6-10/h2-9H,1H3,(H2,16,18). The van der Waals surface area contributed by atoms with Crippen LogP contribution in [0.2, 0.25) is 0 Å². The largest absolute Gasteiger partial charge is 0.496 e. The number of hydrogen-bond donors (Lipinski definition) is 1. The molecule has 1 amide bonds. The quantitative estimate of drug-likeness (QED) is 0.850. The molecule has 0 saturated carbocycles. The molecule has 0 bridgehead atoms. The van der Waals surface area contributed by atoms with Crippen LogP contribution in [-0.2, 0) is 0 Å². The second-order valence-corrected chi connectivity index (χ2v) is 3.97. The average Bonchev–Trinajstić information content (AvgIpc) is 2.46. The fraction of sp³-hybridized carbons (Fsp3) is 0.0667. The Bertz CT molecular complexity index is 621. The summed E-state index contributed by atoms with van der Waals surface area (Å²) in [5.41, 5.74) is 6.51. The first-order valence-electron chi connectivity index (χ1n) is 5.71. The van der Waals surface area contributed by atoms with E-state index in [1.54, 1.807) is 30.3 Å². The van der Waals surface area contributed by atoms with Crippen LogP contribution in [0.5, 0.6) is 5.75 Å². The van der Waals surface area contributed by atoms with Crippen molar-refractivity contribution in [3.8, 4) is 5.75 Å². The van der Waals surface area contributed by atoms with Gasteiger partial charge >= 0.3 is 0 Å². The molecule has 4 nitrogen and oxygen atoms in total. The summed E-state index contributed by atoms with van der Waals surface area (Å²) in [4.78, 5) is 23.4. The number of hydrogen-bond acceptors (Lipinski definition) is 3. The summed E-state index contributed by atoms with van der Waals surface area (Å²) in [6.07, 6.45) is 0. The summed E-state index contributed by atoms with van der Waals surface area (Å²) in [5.74, 6) is -0.417. The fourth-order valence-corrected chi connectivity index (χ4v) is 1.79. The molecule has 0 aliphatic heterocycles. The summed E-state index contributed by atoms with van der Waals surface area (Å²) in [5, 5.41) is 0. The van der Waals surface area contributed by atoms with E-state index in [1.807, 2.05) is 6.07 Å². The number of ketones is 1. The minimum absolute atomic E-state index is 0.130. The van der Waals surface area contributed by atoms with Crippen LogP contribution in [0.4, 0.5) is 0 Å². The zero-order valence-electron chi connectivity index (χ0n) is 10.4. The van der Waals surface area contributed by atoms with Crippen LogP contribution in [0.25, 0.3) is 0 Å². The van der Waals surface area contributed by atoms with E-state index in [9.17, 15) is 9.59 Å². The number of carbonyl (C=O) groups excluding carboxylic acids is 2. The van der Waals surface area contributed by atoms with E-state index < -0.39 is 5.91 Å². The van der Waals surface area contributed by atoms with E-state index in [2.05, 4.69) is 0 Å². The predicted octanol–water partition coefficient (Wildman–Crippen LogP) is 2.03. The number of primary amides is 1. The Balaban J connectivity index is 2.42. The third-order valence-corrected chi connectivity index (χ3v) is 2.77. The number of benzene rings is 2. The topological polar surface area (TPSA) is 69.4 Å². The Morgan fingerprint density at radius 3 is 2.26 bits per heavy atom. The molecule has 0 atom stereocenters. The van der Waals surface area contributed by atoms with Crippen molar-refractivity contribution in [3.05, 3.63) is 65.2 Å². The lowest BCUT2D eigenvalue weighted by molar-refractivity contribution is 0.0993. The first kappa shape index (κ1) is 12.8. The molecule has 0 radical (unpaired) electrons. The number of methoxy groups -OCH3 is 1. The molecular formula is C15H13NO3. The van der Waals surface area contributed by atoms with Crippen LogP contribution in [0.1, 0.15) is 26.3 Å². The van der Waals surface area contributed by atoms with E-state index in [0.29, 0.717) is 16.9 Å². The first-order valence-corrected chi connectivity index (χ1v) is 5.71. The lowest BCUT2D eigenvalue weighted by Crippen LogP contribution is -2.13. The van der Waals surface area contributed by atoms with Crippen LogP contribution in [-0.4, -0.2) is 18.8 Å².